The Labute approximate surface area is 139 Å². The lowest BCUT2D eigenvalue weighted by molar-refractivity contribution is -0.120. The molecule has 5 heteroatoms. The highest BCUT2D eigenvalue weighted by Crippen LogP contribution is 2.11. The minimum Gasteiger partial charge on any atom is -0.273 e. The number of rotatable bonds is 4. The van der Waals surface area contributed by atoms with Crippen LogP contribution in [0.2, 0.25) is 0 Å². The summed E-state index contributed by atoms with van der Waals surface area (Å²) in [4.78, 5) is 11.7. The predicted molar refractivity (Wildman–Crippen MR) is 92.7 cm³/mol. The van der Waals surface area contributed by atoms with Crippen LogP contribution >= 0.6 is 38.5 Å². The minimum atomic E-state index is -0.130. The molecule has 0 saturated carbocycles. The molecule has 0 radical (unpaired) electrons. The van der Waals surface area contributed by atoms with Gasteiger partial charge < -0.3 is 0 Å². The summed E-state index contributed by atoms with van der Waals surface area (Å²) in [6.07, 6.45) is 1.97. The van der Waals surface area contributed by atoms with Crippen molar-refractivity contribution >= 4 is 50.6 Å². The quantitative estimate of drug-likeness (QED) is 0.437. The van der Waals surface area contributed by atoms with E-state index in [2.05, 4.69) is 49.0 Å². The van der Waals surface area contributed by atoms with Crippen LogP contribution in [0.1, 0.15) is 11.1 Å². The fraction of sp³-hybridized carbons (Fsp3) is 0.0667. The number of benzene rings is 2. The second kappa shape index (κ2) is 7.54. The number of carbonyl (C=O) groups is 1. The van der Waals surface area contributed by atoms with Crippen LogP contribution < -0.4 is 5.43 Å². The van der Waals surface area contributed by atoms with Gasteiger partial charge in [-0.3, -0.25) is 4.79 Å². The van der Waals surface area contributed by atoms with Crippen molar-refractivity contribution in [1.29, 1.82) is 0 Å². The number of nitrogens with one attached hydrogen (secondary N) is 1. The number of halogens is 2. The second-order valence-corrected chi connectivity index (χ2v) is 6.20. The zero-order valence-corrected chi connectivity index (χ0v) is 14.3. The maximum Gasteiger partial charge on any atom is 0.244 e. The van der Waals surface area contributed by atoms with E-state index >= 15 is 0 Å². The Morgan fingerprint density at radius 1 is 1.20 bits per heavy atom. The molecule has 1 amide bonds. The Kier molecular flexibility index (Phi) is 5.72. The maximum atomic E-state index is 11.7. The highest BCUT2D eigenvalue weighted by molar-refractivity contribution is 14.1. The summed E-state index contributed by atoms with van der Waals surface area (Å²) in [5, 5.41) is 3.98. The fourth-order valence-corrected chi connectivity index (χ4v) is 2.37. The van der Waals surface area contributed by atoms with Crippen molar-refractivity contribution in [2.75, 3.05) is 0 Å². The van der Waals surface area contributed by atoms with Gasteiger partial charge in [0.15, 0.2) is 0 Å². The summed E-state index contributed by atoms with van der Waals surface area (Å²) >= 11 is 5.59. The lowest BCUT2D eigenvalue weighted by Gasteiger charge is -2.01. The molecule has 20 heavy (non-hydrogen) atoms. The molecule has 102 valence electrons. The Morgan fingerprint density at radius 2 is 1.90 bits per heavy atom. The van der Waals surface area contributed by atoms with Crippen molar-refractivity contribution in [3.8, 4) is 0 Å². The van der Waals surface area contributed by atoms with Gasteiger partial charge in [0, 0.05) is 13.6 Å². The molecule has 0 heterocycles. The van der Waals surface area contributed by atoms with Crippen LogP contribution in [0.3, 0.4) is 0 Å². The number of hydrogen-bond donors (Lipinski definition) is 1. The van der Waals surface area contributed by atoms with Crippen LogP contribution in [-0.2, 0) is 11.2 Å². The van der Waals surface area contributed by atoms with Gasteiger partial charge in [0.1, 0.15) is 0 Å². The van der Waals surface area contributed by atoms with Crippen LogP contribution in [0.5, 0.6) is 0 Å². The summed E-state index contributed by atoms with van der Waals surface area (Å²) in [5.41, 5.74) is 4.47. The molecule has 2 aromatic rings. The van der Waals surface area contributed by atoms with Crippen LogP contribution in [0.15, 0.2) is 58.1 Å². The van der Waals surface area contributed by atoms with Crippen molar-refractivity contribution in [2.24, 2.45) is 5.10 Å². The average Bonchev–Trinajstić information content (AvgIpc) is 2.43. The van der Waals surface area contributed by atoms with E-state index in [0.29, 0.717) is 6.42 Å². The van der Waals surface area contributed by atoms with Gasteiger partial charge in [-0.25, -0.2) is 5.43 Å². The highest BCUT2D eigenvalue weighted by Gasteiger charge is 2.02. The first-order valence-electron chi connectivity index (χ1n) is 5.96. The third-order valence-electron chi connectivity index (χ3n) is 2.58. The molecule has 0 aliphatic carbocycles. The highest BCUT2D eigenvalue weighted by atomic mass is 127. The van der Waals surface area contributed by atoms with E-state index in [4.69, 9.17) is 0 Å². The Bertz CT molecular complexity index is 626. The first-order valence-corrected chi connectivity index (χ1v) is 7.83. The van der Waals surface area contributed by atoms with Crippen LogP contribution in [0.25, 0.3) is 0 Å². The molecule has 0 saturated heterocycles. The molecule has 2 aromatic carbocycles. The van der Waals surface area contributed by atoms with Crippen molar-refractivity contribution in [3.63, 3.8) is 0 Å². The third-order valence-corrected chi connectivity index (χ3v) is 4.09. The first-order chi connectivity index (χ1) is 9.65. The van der Waals surface area contributed by atoms with Crippen molar-refractivity contribution in [2.45, 2.75) is 6.42 Å². The van der Waals surface area contributed by atoms with E-state index in [1.165, 1.54) is 0 Å². The molecule has 0 aromatic heterocycles. The van der Waals surface area contributed by atoms with Gasteiger partial charge in [-0.1, -0.05) is 46.3 Å². The normalized spacial score (nSPS) is 10.7. The number of amides is 1. The van der Waals surface area contributed by atoms with Gasteiger partial charge >= 0.3 is 0 Å². The SMILES string of the molecule is O=C(Cc1ccc(Br)cc1)N/N=C\c1ccccc1I. The number of carbonyl (C=O) groups excluding carboxylic acids is 1. The topological polar surface area (TPSA) is 41.5 Å². The second-order valence-electron chi connectivity index (χ2n) is 4.12. The van der Waals surface area contributed by atoms with Crippen LogP contribution in [0.4, 0.5) is 0 Å². The molecule has 0 aliphatic heterocycles. The van der Waals surface area contributed by atoms with Gasteiger partial charge in [0.2, 0.25) is 5.91 Å². The Balaban J connectivity index is 1.89. The zero-order valence-electron chi connectivity index (χ0n) is 10.5. The maximum absolute atomic E-state index is 11.7. The molecule has 0 fully saturated rings. The average molecular weight is 443 g/mol. The number of nitrogens with zero attached hydrogens (tertiary/aromatic N) is 1. The predicted octanol–water partition coefficient (Wildman–Crippen LogP) is 3.75. The number of hydrogen-bond acceptors (Lipinski definition) is 2. The molecular weight excluding hydrogens is 431 g/mol. The van der Waals surface area contributed by atoms with E-state index in [0.717, 1.165) is 19.2 Å². The molecule has 2 rings (SSSR count). The minimum absolute atomic E-state index is 0.130. The zero-order chi connectivity index (χ0) is 14.4. The third kappa shape index (κ3) is 4.72. The lowest BCUT2D eigenvalue weighted by Crippen LogP contribution is -2.19. The Hall–Kier alpha value is -1.21. The van der Waals surface area contributed by atoms with Crippen molar-refractivity contribution in [1.82, 2.24) is 5.43 Å². The summed E-state index contributed by atoms with van der Waals surface area (Å²) in [6, 6.07) is 15.5. The van der Waals surface area contributed by atoms with Gasteiger partial charge in [0.05, 0.1) is 12.6 Å². The summed E-state index contributed by atoms with van der Waals surface area (Å²) in [6.45, 7) is 0. The molecule has 0 unspecified atom stereocenters. The van der Waals surface area contributed by atoms with Crippen molar-refractivity contribution in [3.05, 3.63) is 67.7 Å². The first kappa shape index (κ1) is 15.2. The van der Waals surface area contributed by atoms with Gasteiger partial charge in [-0.2, -0.15) is 5.10 Å². The largest absolute Gasteiger partial charge is 0.273 e. The van der Waals surface area contributed by atoms with Gasteiger partial charge in [-0.15, -0.1) is 0 Å². The molecule has 3 nitrogen and oxygen atoms in total. The van der Waals surface area contributed by atoms with Crippen LogP contribution in [-0.4, -0.2) is 12.1 Å². The molecule has 0 spiro atoms. The van der Waals surface area contributed by atoms with Gasteiger partial charge in [0.25, 0.3) is 0 Å². The van der Waals surface area contributed by atoms with E-state index in [-0.39, 0.29) is 5.91 Å². The number of hydrazone groups is 1. The van der Waals surface area contributed by atoms with Gasteiger partial charge in [-0.05, 0) is 46.4 Å². The van der Waals surface area contributed by atoms with E-state index in [9.17, 15) is 4.79 Å². The standard InChI is InChI=1S/C15H12BrIN2O/c16-13-7-5-11(6-8-13)9-15(20)19-18-10-12-3-1-2-4-14(12)17/h1-8,10H,9H2,(H,19,20)/b18-10-. The monoisotopic (exact) mass is 442 g/mol. The van der Waals surface area contributed by atoms with E-state index in [1.807, 2.05) is 48.5 Å². The molecule has 0 aliphatic rings. The molecule has 0 atom stereocenters. The Morgan fingerprint density at radius 3 is 2.60 bits per heavy atom. The lowest BCUT2D eigenvalue weighted by atomic mass is 10.1. The fourth-order valence-electron chi connectivity index (χ4n) is 1.58. The molecule has 0 bridgehead atoms. The summed E-state index contributed by atoms with van der Waals surface area (Å²) in [5.74, 6) is -0.130. The van der Waals surface area contributed by atoms with E-state index in [1.54, 1.807) is 6.21 Å². The smallest absolute Gasteiger partial charge is 0.244 e. The van der Waals surface area contributed by atoms with E-state index < -0.39 is 0 Å². The summed E-state index contributed by atoms with van der Waals surface area (Å²) < 4.78 is 2.09. The van der Waals surface area contributed by atoms with Crippen LogP contribution in [0, 0.1) is 3.57 Å². The molecule has 1 N–H and O–H groups in total. The molecular formula is C15H12BrIN2O. The summed E-state index contributed by atoms with van der Waals surface area (Å²) in [7, 11) is 0. The van der Waals surface area contributed by atoms with Crippen molar-refractivity contribution < 1.29 is 4.79 Å².